The minimum absolute atomic E-state index is 0.347. The topological polar surface area (TPSA) is 54.5 Å². The fourth-order valence-electron chi connectivity index (χ4n) is 1.67. The lowest BCUT2D eigenvalue weighted by Gasteiger charge is -2.17. The number of hydrogen-bond acceptors (Lipinski definition) is 3. The van der Waals surface area contributed by atoms with Crippen LogP contribution < -0.4 is 5.73 Å². The summed E-state index contributed by atoms with van der Waals surface area (Å²) in [6, 6.07) is 0.621. The summed E-state index contributed by atoms with van der Waals surface area (Å²) in [7, 11) is 2.02. The van der Waals surface area contributed by atoms with Crippen LogP contribution in [-0.4, -0.2) is 35.5 Å². The molecule has 1 unspecified atom stereocenters. The van der Waals surface area contributed by atoms with Gasteiger partial charge < -0.3 is 10.6 Å². The number of aryl methyl sites for hydroxylation is 1. The fourth-order valence-corrected chi connectivity index (χ4v) is 2.49. The second kappa shape index (κ2) is 5.04. The van der Waals surface area contributed by atoms with Gasteiger partial charge >= 0.3 is 0 Å². The summed E-state index contributed by atoms with van der Waals surface area (Å²) in [4.78, 5) is 12.2. The van der Waals surface area contributed by atoms with E-state index in [-0.39, 0.29) is 0 Å². The first-order valence-electron chi connectivity index (χ1n) is 6.03. The minimum Gasteiger partial charge on any atom is -0.370 e. The predicted molar refractivity (Wildman–Crippen MR) is 72.5 cm³/mol. The Morgan fingerprint density at radius 1 is 1.71 bits per heavy atom. The van der Waals surface area contributed by atoms with Crippen molar-refractivity contribution >= 4 is 17.3 Å². The molecule has 4 nitrogen and oxygen atoms in total. The fraction of sp³-hybridized carbons (Fsp3) is 0.667. The van der Waals surface area contributed by atoms with Crippen LogP contribution in [0.1, 0.15) is 35.6 Å². The van der Waals surface area contributed by atoms with Crippen LogP contribution in [0.15, 0.2) is 11.2 Å². The Morgan fingerprint density at radius 3 is 2.94 bits per heavy atom. The van der Waals surface area contributed by atoms with Crippen molar-refractivity contribution in [1.82, 2.24) is 9.88 Å². The highest BCUT2D eigenvalue weighted by molar-refractivity contribution is 7.11. The molecule has 1 aliphatic rings. The van der Waals surface area contributed by atoms with Gasteiger partial charge in [0.15, 0.2) is 5.96 Å². The molecule has 0 radical (unpaired) electrons. The van der Waals surface area contributed by atoms with Gasteiger partial charge in [-0.3, -0.25) is 4.99 Å². The zero-order valence-corrected chi connectivity index (χ0v) is 11.5. The van der Waals surface area contributed by atoms with Gasteiger partial charge in [-0.25, -0.2) is 4.98 Å². The van der Waals surface area contributed by atoms with Gasteiger partial charge in [-0.15, -0.1) is 11.3 Å². The smallest absolute Gasteiger partial charge is 0.191 e. The van der Waals surface area contributed by atoms with Crippen LogP contribution in [0.4, 0.5) is 0 Å². The Morgan fingerprint density at radius 2 is 2.41 bits per heavy atom. The monoisotopic (exact) mass is 252 g/mol. The first-order chi connectivity index (χ1) is 8.08. The third-order valence-corrected chi connectivity index (χ3v) is 4.19. The highest BCUT2D eigenvalue weighted by Gasteiger charge is 2.27. The lowest BCUT2D eigenvalue weighted by molar-refractivity contribution is 0.486. The average Bonchev–Trinajstić information content (AvgIpc) is 3.07. The van der Waals surface area contributed by atoms with Crippen LogP contribution in [0.3, 0.4) is 0 Å². The van der Waals surface area contributed by atoms with Crippen molar-refractivity contribution in [2.45, 2.75) is 38.6 Å². The molecule has 2 rings (SSSR count). The Kier molecular flexibility index (Phi) is 3.66. The number of guanidine groups is 1. The van der Waals surface area contributed by atoms with E-state index in [1.807, 2.05) is 13.2 Å². The van der Waals surface area contributed by atoms with Crippen LogP contribution in [0.2, 0.25) is 0 Å². The molecule has 1 aromatic heterocycles. The van der Waals surface area contributed by atoms with E-state index in [0.717, 1.165) is 11.6 Å². The van der Waals surface area contributed by atoms with E-state index in [1.165, 1.54) is 17.7 Å². The molecule has 1 fully saturated rings. The van der Waals surface area contributed by atoms with Crippen molar-refractivity contribution < 1.29 is 0 Å². The van der Waals surface area contributed by atoms with Crippen molar-refractivity contribution in [2.24, 2.45) is 10.7 Å². The number of rotatable bonds is 4. The van der Waals surface area contributed by atoms with Crippen LogP contribution >= 0.6 is 11.3 Å². The second-order valence-electron chi connectivity index (χ2n) is 4.75. The maximum atomic E-state index is 5.95. The Hall–Kier alpha value is -1.10. The largest absolute Gasteiger partial charge is 0.370 e. The molecule has 0 bridgehead atoms. The molecular formula is C12H20N4S. The van der Waals surface area contributed by atoms with Crippen LogP contribution in [0.25, 0.3) is 0 Å². The summed E-state index contributed by atoms with van der Waals surface area (Å²) in [5, 5.41) is 1.15. The third-order valence-electron chi connectivity index (χ3n) is 3.04. The average molecular weight is 252 g/mol. The highest BCUT2D eigenvalue weighted by Crippen LogP contribution is 2.25. The molecule has 5 heteroatoms. The van der Waals surface area contributed by atoms with E-state index in [2.05, 4.69) is 28.7 Å². The number of aliphatic imine (C=N–C) groups is 1. The van der Waals surface area contributed by atoms with E-state index in [1.54, 1.807) is 11.3 Å². The van der Waals surface area contributed by atoms with E-state index < -0.39 is 0 Å². The van der Waals surface area contributed by atoms with Crippen molar-refractivity contribution in [3.05, 3.63) is 16.1 Å². The Bertz CT molecular complexity index is 408. The molecule has 17 heavy (non-hydrogen) atoms. The normalized spacial score (nSPS) is 18.2. The molecule has 1 heterocycles. The lowest BCUT2D eigenvalue weighted by Crippen LogP contribution is -2.36. The molecule has 1 aromatic rings. The van der Waals surface area contributed by atoms with Crippen molar-refractivity contribution in [3.8, 4) is 0 Å². The zero-order valence-electron chi connectivity index (χ0n) is 10.7. The van der Waals surface area contributed by atoms with Crippen molar-refractivity contribution in [2.75, 3.05) is 13.6 Å². The van der Waals surface area contributed by atoms with Crippen molar-refractivity contribution in [3.63, 3.8) is 0 Å². The zero-order chi connectivity index (χ0) is 12.4. The molecule has 0 aliphatic heterocycles. The molecule has 0 spiro atoms. The molecule has 1 aliphatic carbocycles. The molecular weight excluding hydrogens is 232 g/mol. The van der Waals surface area contributed by atoms with Gasteiger partial charge in [0.1, 0.15) is 0 Å². The van der Waals surface area contributed by atoms with Gasteiger partial charge in [0, 0.05) is 30.1 Å². The van der Waals surface area contributed by atoms with Crippen LogP contribution in [0, 0.1) is 6.92 Å². The number of aromatic nitrogens is 1. The Labute approximate surface area is 107 Å². The van der Waals surface area contributed by atoms with Gasteiger partial charge in [0.2, 0.25) is 0 Å². The van der Waals surface area contributed by atoms with E-state index >= 15 is 0 Å². The summed E-state index contributed by atoms with van der Waals surface area (Å²) < 4.78 is 0. The lowest BCUT2D eigenvalue weighted by atomic mass is 10.2. The summed E-state index contributed by atoms with van der Waals surface area (Å²) in [6.45, 7) is 4.94. The van der Waals surface area contributed by atoms with Gasteiger partial charge in [-0.05, 0) is 19.8 Å². The molecule has 0 aromatic carbocycles. The summed E-state index contributed by atoms with van der Waals surface area (Å²) in [5.74, 6) is 1.01. The highest BCUT2D eigenvalue weighted by atomic mass is 32.1. The van der Waals surface area contributed by atoms with Crippen LogP contribution in [0.5, 0.6) is 0 Å². The summed E-state index contributed by atoms with van der Waals surface area (Å²) in [5.41, 5.74) is 5.95. The first kappa shape index (κ1) is 12.4. The number of nitrogens with two attached hydrogens (primary N) is 1. The molecule has 1 atom stereocenters. The SMILES string of the molecule is Cc1cnc(C(C)CN=C(N)N(C)C2CC2)s1. The first-order valence-corrected chi connectivity index (χ1v) is 6.84. The maximum Gasteiger partial charge on any atom is 0.191 e. The summed E-state index contributed by atoms with van der Waals surface area (Å²) >= 11 is 1.74. The minimum atomic E-state index is 0.347. The maximum absolute atomic E-state index is 5.95. The predicted octanol–water partition coefficient (Wildman–Crippen LogP) is 1.96. The van der Waals surface area contributed by atoms with Crippen molar-refractivity contribution in [1.29, 1.82) is 0 Å². The number of thiazole rings is 1. The van der Waals surface area contributed by atoms with E-state index in [0.29, 0.717) is 17.9 Å². The van der Waals surface area contributed by atoms with E-state index in [9.17, 15) is 0 Å². The molecule has 0 saturated heterocycles. The molecule has 2 N–H and O–H groups in total. The Balaban J connectivity index is 1.90. The van der Waals surface area contributed by atoms with Gasteiger partial charge in [0.25, 0.3) is 0 Å². The molecule has 1 saturated carbocycles. The van der Waals surface area contributed by atoms with Gasteiger partial charge in [-0.2, -0.15) is 0 Å². The molecule has 94 valence electrons. The van der Waals surface area contributed by atoms with Gasteiger partial charge in [-0.1, -0.05) is 6.92 Å². The van der Waals surface area contributed by atoms with Gasteiger partial charge in [0.05, 0.1) is 11.6 Å². The number of nitrogens with zero attached hydrogens (tertiary/aromatic N) is 3. The molecule has 0 amide bonds. The number of hydrogen-bond donors (Lipinski definition) is 1. The third kappa shape index (κ3) is 3.19. The quantitative estimate of drug-likeness (QED) is 0.658. The summed E-state index contributed by atoms with van der Waals surface area (Å²) in [6.07, 6.45) is 4.40. The second-order valence-corrected chi connectivity index (χ2v) is 6.02. The van der Waals surface area contributed by atoms with E-state index in [4.69, 9.17) is 5.73 Å². The standard InChI is InChI=1S/C12H20N4S/c1-8(11-14-7-9(2)17-11)6-15-12(13)16(3)10-4-5-10/h7-8,10H,4-6H2,1-3H3,(H2,13,15). The van der Waals surface area contributed by atoms with Crippen LogP contribution in [-0.2, 0) is 0 Å².